The number of nitro benzene ring substituents is 1. The third-order valence-corrected chi connectivity index (χ3v) is 2.52. The molecule has 0 amide bonds. The molecule has 6 nitrogen and oxygen atoms in total. The second-order valence-electron chi connectivity index (χ2n) is 3.89. The first-order valence-corrected chi connectivity index (χ1v) is 5.75. The van der Waals surface area contributed by atoms with Gasteiger partial charge in [0.05, 0.1) is 18.1 Å². The van der Waals surface area contributed by atoms with Gasteiger partial charge in [0.25, 0.3) is 5.69 Å². The summed E-state index contributed by atoms with van der Waals surface area (Å²) in [5, 5.41) is 10.9. The molecule has 0 saturated heterocycles. The minimum Gasteiger partial charge on any atom is -0.468 e. The molecule has 0 aliphatic heterocycles. The number of esters is 1. The summed E-state index contributed by atoms with van der Waals surface area (Å²) < 4.78 is 17.6. The minimum absolute atomic E-state index is 0.114. The molecule has 1 rings (SSSR count). The fraction of sp³-hybridized carbons (Fsp3) is 0.417. The van der Waals surface area contributed by atoms with Crippen molar-refractivity contribution in [1.29, 1.82) is 0 Å². The summed E-state index contributed by atoms with van der Waals surface area (Å²) in [6.45, 7) is 2.19. The third kappa shape index (κ3) is 3.90. The average Bonchev–Trinajstić information content (AvgIpc) is 2.38. The van der Waals surface area contributed by atoms with E-state index in [9.17, 15) is 19.3 Å². The van der Waals surface area contributed by atoms with Crippen molar-refractivity contribution < 1.29 is 18.8 Å². The zero-order chi connectivity index (χ0) is 14.4. The molecule has 0 unspecified atom stereocenters. The number of ether oxygens (including phenoxy) is 1. The van der Waals surface area contributed by atoms with Gasteiger partial charge >= 0.3 is 5.97 Å². The lowest BCUT2D eigenvalue weighted by molar-refractivity contribution is -0.384. The Morgan fingerprint density at radius 1 is 1.53 bits per heavy atom. The molecule has 0 bridgehead atoms. The first kappa shape index (κ1) is 14.9. The quantitative estimate of drug-likeness (QED) is 0.450. The van der Waals surface area contributed by atoms with Crippen LogP contribution in [0.2, 0.25) is 0 Å². The van der Waals surface area contributed by atoms with Crippen LogP contribution in [-0.2, 0) is 9.53 Å². The van der Waals surface area contributed by atoms with Crippen molar-refractivity contribution in [2.24, 2.45) is 0 Å². The third-order valence-electron chi connectivity index (χ3n) is 2.52. The first-order chi connectivity index (χ1) is 8.99. The van der Waals surface area contributed by atoms with Crippen LogP contribution >= 0.6 is 0 Å². The SMILES string of the molecule is CCCN(CC(=O)OC)c1ccc(F)cc1[N+](=O)[O-]. The number of methoxy groups -OCH3 is 1. The standard InChI is InChI=1S/C12H15FN2O4/c1-3-6-14(8-12(16)19-2)10-5-4-9(13)7-11(10)15(17)18/h4-5,7H,3,6,8H2,1-2H3. The first-order valence-electron chi connectivity index (χ1n) is 5.75. The lowest BCUT2D eigenvalue weighted by Crippen LogP contribution is -2.31. The van der Waals surface area contributed by atoms with Crippen LogP contribution in [0, 0.1) is 15.9 Å². The second-order valence-corrected chi connectivity index (χ2v) is 3.89. The van der Waals surface area contributed by atoms with E-state index in [1.54, 1.807) is 0 Å². The molecule has 0 fully saturated rings. The number of carbonyl (C=O) groups is 1. The molecule has 0 aromatic heterocycles. The maximum absolute atomic E-state index is 13.1. The number of hydrogen-bond acceptors (Lipinski definition) is 5. The Labute approximate surface area is 109 Å². The van der Waals surface area contributed by atoms with Gasteiger partial charge in [0.2, 0.25) is 0 Å². The van der Waals surface area contributed by atoms with Crippen LogP contribution in [0.4, 0.5) is 15.8 Å². The van der Waals surface area contributed by atoms with Crippen LogP contribution in [0.5, 0.6) is 0 Å². The smallest absolute Gasteiger partial charge is 0.325 e. The summed E-state index contributed by atoms with van der Waals surface area (Å²) in [5.74, 6) is -1.20. The summed E-state index contributed by atoms with van der Waals surface area (Å²) in [7, 11) is 1.24. The van der Waals surface area contributed by atoms with Crippen LogP contribution < -0.4 is 4.90 Å². The Hall–Kier alpha value is -2.18. The fourth-order valence-electron chi connectivity index (χ4n) is 1.69. The minimum atomic E-state index is -0.690. The van der Waals surface area contributed by atoms with Gasteiger partial charge in [-0.1, -0.05) is 6.92 Å². The maximum atomic E-state index is 13.1. The Balaban J connectivity index is 3.14. The fourth-order valence-corrected chi connectivity index (χ4v) is 1.69. The Kier molecular flexibility index (Phi) is 5.23. The predicted octanol–water partition coefficient (Wildman–Crippen LogP) is 2.12. The number of anilines is 1. The molecule has 104 valence electrons. The number of carbonyl (C=O) groups excluding carboxylic acids is 1. The molecule has 0 aliphatic rings. The van der Waals surface area contributed by atoms with Gasteiger partial charge in [0.15, 0.2) is 0 Å². The molecule has 0 N–H and O–H groups in total. The van der Waals surface area contributed by atoms with Gasteiger partial charge in [-0.2, -0.15) is 0 Å². The molecule has 1 aromatic carbocycles. The van der Waals surface area contributed by atoms with Crippen molar-refractivity contribution in [3.05, 3.63) is 34.1 Å². The van der Waals surface area contributed by atoms with Crippen LogP contribution in [0.1, 0.15) is 13.3 Å². The zero-order valence-electron chi connectivity index (χ0n) is 10.8. The lowest BCUT2D eigenvalue weighted by atomic mass is 10.2. The highest BCUT2D eigenvalue weighted by Crippen LogP contribution is 2.28. The van der Waals surface area contributed by atoms with Gasteiger partial charge in [-0.25, -0.2) is 4.39 Å². The van der Waals surface area contributed by atoms with Crippen LogP contribution in [0.25, 0.3) is 0 Å². The Bertz CT molecular complexity index is 479. The van der Waals surface area contributed by atoms with Gasteiger partial charge in [0, 0.05) is 6.54 Å². The predicted molar refractivity (Wildman–Crippen MR) is 67.6 cm³/mol. The highest BCUT2D eigenvalue weighted by molar-refractivity contribution is 5.77. The van der Waals surface area contributed by atoms with E-state index in [0.29, 0.717) is 13.0 Å². The lowest BCUT2D eigenvalue weighted by Gasteiger charge is -2.22. The number of rotatable bonds is 6. The topological polar surface area (TPSA) is 72.7 Å². The number of halogens is 1. The summed E-state index contributed by atoms with van der Waals surface area (Å²) in [5.41, 5.74) is -0.156. The molecule has 19 heavy (non-hydrogen) atoms. The number of nitrogens with zero attached hydrogens (tertiary/aromatic N) is 2. The molecule has 0 heterocycles. The van der Waals surface area contributed by atoms with E-state index >= 15 is 0 Å². The zero-order valence-corrected chi connectivity index (χ0v) is 10.8. The van der Waals surface area contributed by atoms with Crippen molar-refractivity contribution in [2.45, 2.75) is 13.3 Å². The van der Waals surface area contributed by atoms with Gasteiger partial charge in [-0.05, 0) is 18.6 Å². The molecule has 0 saturated carbocycles. The van der Waals surface area contributed by atoms with E-state index in [4.69, 9.17) is 0 Å². The van der Waals surface area contributed by atoms with Gasteiger partial charge in [-0.3, -0.25) is 14.9 Å². The molecule has 0 atom stereocenters. The van der Waals surface area contributed by atoms with E-state index in [-0.39, 0.29) is 17.9 Å². The summed E-state index contributed by atoms with van der Waals surface area (Å²) in [6, 6.07) is 3.27. The molecule has 7 heteroatoms. The Morgan fingerprint density at radius 3 is 2.74 bits per heavy atom. The molecular weight excluding hydrogens is 255 g/mol. The monoisotopic (exact) mass is 270 g/mol. The number of benzene rings is 1. The summed E-state index contributed by atoms with van der Waals surface area (Å²) in [4.78, 5) is 23.1. The highest BCUT2D eigenvalue weighted by atomic mass is 19.1. The van der Waals surface area contributed by atoms with Crippen molar-refractivity contribution >= 4 is 17.3 Å². The van der Waals surface area contributed by atoms with Gasteiger partial charge in [0.1, 0.15) is 18.0 Å². The van der Waals surface area contributed by atoms with Crippen molar-refractivity contribution in [3.63, 3.8) is 0 Å². The van der Waals surface area contributed by atoms with E-state index in [2.05, 4.69) is 4.74 Å². The number of hydrogen-bond donors (Lipinski definition) is 0. The van der Waals surface area contributed by atoms with Crippen molar-refractivity contribution in [1.82, 2.24) is 0 Å². The van der Waals surface area contributed by atoms with E-state index in [0.717, 1.165) is 12.1 Å². The average molecular weight is 270 g/mol. The summed E-state index contributed by atoms with van der Waals surface area (Å²) >= 11 is 0. The summed E-state index contributed by atoms with van der Waals surface area (Å²) in [6.07, 6.45) is 0.686. The van der Waals surface area contributed by atoms with E-state index in [1.807, 2.05) is 6.92 Å². The molecule has 0 aliphatic carbocycles. The Morgan fingerprint density at radius 2 is 2.21 bits per heavy atom. The van der Waals surface area contributed by atoms with E-state index in [1.165, 1.54) is 18.1 Å². The van der Waals surface area contributed by atoms with Crippen LogP contribution in [0.3, 0.4) is 0 Å². The molecular formula is C12H15FN2O4. The molecule has 0 radical (unpaired) electrons. The van der Waals surface area contributed by atoms with Gasteiger partial charge in [-0.15, -0.1) is 0 Å². The maximum Gasteiger partial charge on any atom is 0.325 e. The largest absolute Gasteiger partial charge is 0.468 e. The highest BCUT2D eigenvalue weighted by Gasteiger charge is 2.21. The van der Waals surface area contributed by atoms with Crippen LogP contribution in [0.15, 0.2) is 18.2 Å². The number of nitro groups is 1. The normalized spacial score (nSPS) is 10.1. The molecule has 1 aromatic rings. The van der Waals surface area contributed by atoms with Gasteiger partial charge < -0.3 is 9.64 Å². The van der Waals surface area contributed by atoms with E-state index < -0.39 is 16.7 Å². The van der Waals surface area contributed by atoms with Crippen LogP contribution in [-0.4, -0.2) is 31.1 Å². The van der Waals surface area contributed by atoms with Crippen molar-refractivity contribution in [3.8, 4) is 0 Å². The second kappa shape index (κ2) is 6.67. The van der Waals surface area contributed by atoms with Crippen molar-refractivity contribution in [2.75, 3.05) is 25.1 Å². The molecule has 0 spiro atoms.